The zero-order chi connectivity index (χ0) is 18.0. The van der Waals surface area contributed by atoms with Crippen molar-refractivity contribution in [1.82, 2.24) is 15.3 Å². The highest BCUT2D eigenvalue weighted by Gasteiger charge is 2.51. The SMILES string of the molecule is O=C(N[C@@]12CCC[C@@](C#Cc3ccccn3)(CC1)C2)c1ncccc1F. The van der Waals surface area contributed by atoms with E-state index in [-0.39, 0.29) is 16.6 Å². The lowest BCUT2D eigenvalue weighted by Gasteiger charge is -2.37. The van der Waals surface area contributed by atoms with E-state index in [1.54, 1.807) is 6.20 Å². The van der Waals surface area contributed by atoms with Crippen molar-refractivity contribution in [3.63, 3.8) is 0 Å². The molecule has 0 aliphatic heterocycles. The molecule has 132 valence electrons. The maximum absolute atomic E-state index is 13.9. The van der Waals surface area contributed by atoms with Crippen LogP contribution in [0.5, 0.6) is 0 Å². The van der Waals surface area contributed by atoms with Crippen LogP contribution in [0.15, 0.2) is 42.7 Å². The van der Waals surface area contributed by atoms with Gasteiger partial charge in [0.1, 0.15) is 5.69 Å². The van der Waals surface area contributed by atoms with Gasteiger partial charge in [-0.2, -0.15) is 0 Å². The average Bonchev–Trinajstić information content (AvgIpc) is 2.91. The summed E-state index contributed by atoms with van der Waals surface area (Å²) in [6.45, 7) is 0. The molecule has 0 aromatic carbocycles. The van der Waals surface area contributed by atoms with E-state index in [1.807, 2.05) is 18.2 Å². The van der Waals surface area contributed by atoms with Gasteiger partial charge >= 0.3 is 0 Å². The highest BCUT2D eigenvalue weighted by Crippen LogP contribution is 2.53. The van der Waals surface area contributed by atoms with Crippen LogP contribution in [0.2, 0.25) is 0 Å². The van der Waals surface area contributed by atoms with Crippen molar-refractivity contribution in [2.24, 2.45) is 5.41 Å². The molecule has 2 aliphatic rings. The number of aromatic nitrogens is 2. The molecule has 2 aromatic rings. The number of hydrogen-bond donors (Lipinski definition) is 1. The number of nitrogens with one attached hydrogen (secondary N) is 1. The Morgan fingerprint density at radius 1 is 1.08 bits per heavy atom. The zero-order valence-electron chi connectivity index (χ0n) is 14.5. The Morgan fingerprint density at radius 3 is 2.77 bits per heavy atom. The summed E-state index contributed by atoms with van der Waals surface area (Å²) in [6, 6.07) is 8.45. The first kappa shape index (κ1) is 16.7. The first-order valence-corrected chi connectivity index (χ1v) is 8.97. The number of carbonyl (C=O) groups is 1. The maximum Gasteiger partial charge on any atom is 0.273 e. The van der Waals surface area contributed by atoms with Gasteiger partial charge in [0, 0.05) is 23.3 Å². The highest BCUT2D eigenvalue weighted by atomic mass is 19.1. The van der Waals surface area contributed by atoms with Crippen molar-refractivity contribution in [3.05, 3.63) is 59.9 Å². The van der Waals surface area contributed by atoms with Crippen LogP contribution in [0, 0.1) is 23.1 Å². The lowest BCUT2D eigenvalue weighted by Crippen LogP contribution is -2.49. The Labute approximate surface area is 152 Å². The molecule has 4 rings (SSSR count). The van der Waals surface area contributed by atoms with Gasteiger partial charge in [0.2, 0.25) is 0 Å². The zero-order valence-corrected chi connectivity index (χ0v) is 14.5. The molecule has 5 heteroatoms. The van der Waals surface area contributed by atoms with Gasteiger partial charge in [-0.05, 0) is 68.7 Å². The van der Waals surface area contributed by atoms with E-state index in [0.717, 1.165) is 44.2 Å². The summed E-state index contributed by atoms with van der Waals surface area (Å²) in [6.07, 6.45) is 8.73. The number of rotatable bonds is 2. The first-order valence-electron chi connectivity index (χ1n) is 8.97. The van der Waals surface area contributed by atoms with Crippen LogP contribution >= 0.6 is 0 Å². The van der Waals surface area contributed by atoms with Crippen molar-refractivity contribution in [2.45, 2.75) is 44.1 Å². The van der Waals surface area contributed by atoms with Gasteiger partial charge in [-0.3, -0.25) is 4.79 Å². The van der Waals surface area contributed by atoms with E-state index in [2.05, 4.69) is 27.1 Å². The van der Waals surface area contributed by atoms with Crippen molar-refractivity contribution >= 4 is 5.91 Å². The Balaban J connectivity index is 1.53. The average molecular weight is 349 g/mol. The second-order valence-electron chi connectivity index (χ2n) is 7.34. The number of carbonyl (C=O) groups excluding carboxylic acids is 1. The minimum absolute atomic E-state index is 0.0916. The quantitative estimate of drug-likeness (QED) is 0.845. The number of pyridine rings is 2. The first-order chi connectivity index (χ1) is 12.6. The monoisotopic (exact) mass is 349 g/mol. The van der Waals surface area contributed by atoms with E-state index in [1.165, 1.54) is 18.3 Å². The smallest absolute Gasteiger partial charge is 0.273 e. The van der Waals surface area contributed by atoms with Gasteiger partial charge in [-0.1, -0.05) is 12.0 Å². The molecule has 0 spiro atoms. The number of hydrogen-bond acceptors (Lipinski definition) is 3. The topological polar surface area (TPSA) is 54.9 Å². The minimum Gasteiger partial charge on any atom is -0.345 e. The lowest BCUT2D eigenvalue weighted by molar-refractivity contribution is 0.0862. The Hall–Kier alpha value is -2.74. The predicted molar refractivity (Wildman–Crippen MR) is 95.6 cm³/mol. The molecule has 0 unspecified atom stereocenters. The van der Waals surface area contributed by atoms with Crippen LogP contribution in [0.25, 0.3) is 0 Å². The standard InChI is InChI=1S/C21H20FN3O/c22-17-6-3-14-24-18(17)19(26)25-21-9-4-8-20(15-21,11-12-21)10-7-16-5-1-2-13-23-16/h1-3,5-6,13-14H,4,8-9,11-12,15H2,(H,25,26)/t20-,21+/m1/s1. The summed E-state index contributed by atoms with van der Waals surface area (Å²) in [5, 5.41) is 3.08. The Morgan fingerprint density at radius 2 is 1.96 bits per heavy atom. The van der Waals surface area contributed by atoms with Gasteiger partial charge in [-0.15, -0.1) is 0 Å². The molecular weight excluding hydrogens is 329 g/mol. The van der Waals surface area contributed by atoms with Crippen molar-refractivity contribution in [3.8, 4) is 11.8 Å². The molecule has 0 saturated heterocycles. The van der Waals surface area contributed by atoms with Crippen LogP contribution in [-0.2, 0) is 0 Å². The molecule has 1 N–H and O–H groups in total. The van der Waals surface area contributed by atoms with Gasteiger partial charge in [-0.25, -0.2) is 14.4 Å². The number of fused-ring (bicyclic) bond motifs is 2. The molecule has 4 nitrogen and oxygen atoms in total. The van der Waals surface area contributed by atoms with Crippen molar-refractivity contribution in [2.75, 3.05) is 0 Å². The van der Waals surface area contributed by atoms with E-state index >= 15 is 0 Å². The molecule has 2 atom stereocenters. The van der Waals surface area contributed by atoms with Crippen LogP contribution in [0.3, 0.4) is 0 Å². The van der Waals surface area contributed by atoms with Gasteiger partial charge in [0.25, 0.3) is 5.91 Å². The Bertz CT molecular complexity index is 889. The van der Waals surface area contributed by atoms with Crippen LogP contribution in [0.4, 0.5) is 4.39 Å². The molecular formula is C21H20FN3O. The fourth-order valence-corrected chi connectivity index (χ4v) is 4.32. The van der Waals surface area contributed by atoms with E-state index < -0.39 is 11.7 Å². The summed E-state index contributed by atoms with van der Waals surface area (Å²) in [5.74, 6) is 5.62. The summed E-state index contributed by atoms with van der Waals surface area (Å²) in [5.41, 5.74) is 0.234. The van der Waals surface area contributed by atoms with Crippen LogP contribution in [0.1, 0.15) is 54.7 Å². The molecule has 0 radical (unpaired) electrons. The third kappa shape index (κ3) is 3.20. The van der Waals surface area contributed by atoms with Crippen molar-refractivity contribution < 1.29 is 9.18 Å². The molecule has 1 amide bonds. The molecule has 2 aromatic heterocycles. The molecule has 2 aliphatic carbocycles. The van der Waals surface area contributed by atoms with Gasteiger partial charge in [0.15, 0.2) is 11.5 Å². The van der Waals surface area contributed by atoms with Gasteiger partial charge in [0.05, 0.1) is 0 Å². The fourth-order valence-electron chi connectivity index (χ4n) is 4.32. The normalized spacial score (nSPS) is 26.7. The number of halogens is 1. The van der Waals surface area contributed by atoms with E-state index in [0.29, 0.717) is 0 Å². The largest absolute Gasteiger partial charge is 0.345 e. The van der Waals surface area contributed by atoms with Crippen LogP contribution in [-0.4, -0.2) is 21.4 Å². The van der Waals surface area contributed by atoms with Crippen LogP contribution < -0.4 is 5.32 Å². The molecule has 26 heavy (non-hydrogen) atoms. The second-order valence-corrected chi connectivity index (χ2v) is 7.34. The minimum atomic E-state index is -0.587. The summed E-state index contributed by atoms with van der Waals surface area (Å²) in [7, 11) is 0. The fraction of sp³-hybridized carbons (Fsp3) is 0.381. The molecule has 2 bridgehead atoms. The maximum atomic E-state index is 13.9. The third-order valence-corrected chi connectivity index (χ3v) is 5.54. The molecule has 2 saturated carbocycles. The number of nitrogens with zero attached hydrogens (tertiary/aromatic N) is 2. The summed E-state index contributed by atoms with van der Waals surface area (Å²) < 4.78 is 13.9. The lowest BCUT2D eigenvalue weighted by atomic mass is 9.73. The molecule has 2 heterocycles. The van der Waals surface area contributed by atoms with E-state index in [9.17, 15) is 9.18 Å². The van der Waals surface area contributed by atoms with Crippen molar-refractivity contribution in [1.29, 1.82) is 0 Å². The second kappa shape index (κ2) is 6.53. The van der Waals surface area contributed by atoms with E-state index in [4.69, 9.17) is 0 Å². The van der Waals surface area contributed by atoms with Gasteiger partial charge < -0.3 is 5.32 Å². The predicted octanol–water partition coefficient (Wildman–Crippen LogP) is 3.49. The summed E-state index contributed by atoms with van der Waals surface area (Å²) in [4.78, 5) is 20.7. The number of amides is 1. The third-order valence-electron chi connectivity index (χ3n) is 5.54. The molecule has 2 fully saturated rings. The summed E-state index contributed by atoms with van der Waals surface area (Å²) >= 11 is 0. The Kier molecular flexibility index (Phi) is 4.20. The highest BCUT2D eigenvalue weighted by molar-refractivity contribution is 5.93.